The van der Waals surface area contributed by atoms with Crippen LogP contribution >= 0.6 is 11.8 Å². The molecule has 0 spiro atoms. The van der Waals surface area contributed by atoms with Gasteiger partial charge in [-0.2, -0.15) is 11.8 Å². The van der Waals surface area contributed by atoms with Gasteiger partial charge in [-0.25, -0.2) is 0 Å². The summed E-state index contributed by atoms with van der Waals surface area (Å²) in [4.78, 5) is 0. The summed E-state index contributed by atoms with van der Waals surface area (Å²) in [5.74, 6) is 0. The molecule has 1 aliphatic rings. The highest BCUT2D eigenvalue weighted by atomic mass is 32.2. The van der Waals surface area contributed by atoms with Crippen LogP contribution in [-0.2, 0) is 0 Å². The predicted octanol–water partition coefficient (Wildman–Crippen LogP) is 4.32. The number of rotatable bonds is 4. The first-order chi connectivity index (χ1) is 8.69. The van der Waals surface area contributed by atoms with Crippen molar-refractivity contribution < 1.29 is 0 Å². The van der Waals surface area contributed by atoms with Crippen molar-refractivity contribution in [1.29, 1.82) is 0 Å². The van der Waals surface area contributed by atoms with Gasteiger partial charge in [0.1, 0.15) is 0 Å². The summed E-state index contributed by atoms with van der Waals surface area (Å²) in [6.45, 7) is 4.45. The van der Waals surface area contributed by atoms with Gasteiger partial charge in [0.15, 0.2) is 0 Å². The highest BCUT2D eigenvalue weighted by molar-refractivity contribution is 7.99. The van der Waals surface area contributed by atoms with E-state index in [-0.39, 0.29) is 0 Å². The number of thioether (sulfide) groups is 1. The number of hydrogen-bond donors (Lipinski definition) is 1. The van der Waals surface area contributed by atoms with Gasteiger partial charge in [-0.3, -0.25) is 0 Å². The molecule has 1 unspecified atom stereocenters. The minimum absolute atomic E-state index is 0.473. The Kier molecular flexibility index (Phi) is 5.13. The monoisotopic (exact) mass is 263 g/mol. The first-order valence-corrected chi connectivity index (χ1v) is 8.33. The third-order valence-electron chi connectivity index (χ3n) is 4.04. The summed E-state index contributed by atoms with van der Waals surface area (Å²) < 4.78 is 0. The first kappa shape index (κ1) is 14.0. The highest BCUT2D eigenvalue weighted by Crippen LogP contribution is 2.28. The number of aryl methyl sites for hydroxylation is 1. The zero-order valence-electron chi connectivity index (χ0n) is 11.8. The van der Waals surface area contributed by atoms with E-state index < -0.39 is 0 Å². The maximum Gasteiger partial charge on any atom is 0.0294 e. The second kappa shape index (κ2) is 6.63. The fourth-order valence-electron chi connectivity index (χ4n) is 2.85. The van der Waals surface area contributed by atoms with Crippen molar-refractivity contribution >= 4 is 11.8 Å². The van der Waals surface area contributed by atoms with Crippen LogP contribution in [0.15, 0.2) is 24.3 Å². The van der Waals surface area contributed by atoms with E-state index in [1.165, 1.54) is 36.8 Å². The van der Waals surface area contributed by atoms with Gasteiger partial charge >= 0.3 is 0 Å². The zero-order chi connectivity index (χ0) is 13.0. The van der Waals surface area contributed by atoms with E-state index in [2.05, 4.69) is 49.7 Å². The van der Waals surface area contributed by atoms with Crippen LogP contribution in [0.1, 0.15) is 49.8 Å². The minimum Gasteiger partial charge on any atom is -0.307 e. The van der Waals surface area contributed by atoms with Crippen molar-refractivity contribution in [2.24, 2.45) is 0 Å². The van der Waals surface area contributed by atoms with Crippen molar-refractivity contribution in [3.63, 3.8) is 0 Å². The molecular weight excluding hydrogens is 238 g/mol. The maximum absolute atomic E-state index is 3.80. The lowest BCUT2D eigenvalue weighted by atomic mass is 9.93. The Morgan fingerprint density at radius 3 is 2.56 bits per heavy atom. The Morgan fingerprint density at radius 1 is 1.22 bits per heavy atom. The molecule has 0 amide bonds. The standard InChI is InChI=1S/C16H25NS/c1-12-5-4-6-14(11-12)13(2)17-15-7-9-16(18-3)10-8-15/h4-6,11,13,15-17H,7-10H2,1-3H3. The summed E-state index contributed by atoms with van der Waals surface area (Å²) >= 11 is 2.04. The molecule has 2 rings (SSSR count). The number of benzene rings is 1. The van der Waals surface area contributed by atoms with E-state index in [1.807, 2.05) is 11.8 Å². The lowest BCUT2D eigenvalue weighted by Crippen LogP contribution is -2.35. The van der Waals surface area contributed by atoms with Gasteiger partial charge in [0.25, 0.3) is 0 Å². The van der Waals surface area contributed by atoms with Crippen LogP contribution in [0.2, 0.25) is 0 Å². The van der Waals surface area contributed by atoms with Crippen LogP contribution in [0.3, 0.4) is 0 Å². The van der Waals surface area contributed by atoms with E-state index in [1.54, 1.807) is 0 Å². The van der Waals surface area contributed by atoms with E-state index in [4.69, 9.17) is 0 Å². The van der Waals surface area contributed by atoms with Crippen LogP contribution in [0, 0.1) is 6.92 Å². The van der Waals surface area contributed by atoms with Crippen LogP contribution in [0.5, 0.6) is 0 Å². The molecule has 1 nitrogen and oxygen atoms in total. The Morgan fingerprint density at radius 2 is 1.94 bits per heavy atom. The molecule has 1 aromatic carbocycles. The second-order valence-electron chi connectivity index (χ2n) is 5.51. The smallest absolute Gasteiger partial charge is 0.0294 e. The molecule has 1 fully saturated rings. The molecule has 0 aromatic heterocycles. The lowest BCUT2D eigenvalue weighted by molar-refractivity contribution is 0.352. The summed E-state index contributed by atoms with van der Waals surface area (Å²) in [7, 11) is 0. The quantitative estimate of drug-likeness (QED) is 0.868. The Bertz CT molecular complexity index is 369. The highest BCUT2D eigenvalue weighted by Gasteiger charge is 2.21. The van der Waals surface area contributed by atoms with Gasteiger partial charge in [-0.1, -0.05) is 29.8 Å². The third-order valence-corrected chi connectivity index (χ3v) is 5.17. The molecule has 1 aromatic rings. The molecule has 0 saturated heterocycles. The van der Waals surface area contributed by atoms with E-state index in [9.17, 15) is 0 Å². The molecule has 1 aliphatic carbocycles. The molecule has 18 heavy (non-hydrogen) atoms. The van der Waals surface area contributed by atoms with E-state index in [0.717, 1.165) is 5.25 Å². The molecule has 0 bridgehead atoms. The van der Waals surface area contributed by atoms with E-state index >= 15 is 0 Å². The number of hydrogen-bond acceptors (Lipinski definition) is 2. The van der Waals surface area contributed by atoms with Crippen LogP contribution in [-0.4, -0.2) is 17.5 Å². The van der Waals surface area contributed by atoms with Gasteiger partial charge in [0, 0.05) is 17.3 Å². The molecule has 1 N–H and O–H groups in total. The second-order valence-corrected chi connectivity index (χ2v) is 6.65. The van der Waals surface area contributed by atoms with Crippen LogP contribution < -0.4 is 5.32 Å². The van der Waals surface area contributed by atoms with Gasteiger partial charge in [-0.05, 0) is 51.3 Å². The van der Waals surface area contributed by atoms with Gasteiger partial charge in [-0.15, -0.1) is 0 Å². The normalized spacial score (nSPS) is 25.9. The third kappa shape index (κ3) is 3.76. The molecule has 0 radical (unpaired) electrons. The Balaban J connectivity index is 1.86. The van der Waals surface area contributed by atoms with Gasteiger partial charge < -0.3 is 5.32 Å². The Labute approximate surface area is 116 Å². The van der Waals surface area contributed by atoms with Crippen molar-refractivity contribution in [2.45, 2.75) is 56.9 Å². The van der Waals surface area contributed by atoms with Gasteiger partial charge in [0.2, 0.25) is 0 Å². The fraction of sp³-hybridized carbons (Fsp3) is 0.625. The molecule has 1 atom stereocenters. The van der Waals surface area contributed by atoms with E-state index in [0.29, 0.717) is 12.1 Å². The van der Waals surface area contributed by atoms with Crippen molar-refractivity contribution in [1.82, 2.24) is 5.32 Å². The van der Waals surface area contributed by atoms with Crippen LogP contribution in [0.4, 0.5) is 0 Å². The SMILES string of the molecule is CSC1CCC(NC(C)c2cccc(C)c2)CC1. The topological polar surface area (TPSA) is 12.0 Å². The largest absolute Gasteiger partial charge is 0.307 e. The average molecular weight is 263 g/mol. The Hall–Kier alpha value is -0.470. The first-order valence-electron chi connectivity index (χ1n) is 7.04. The predicted molar refractivity (Wildman–Crippen MR) is 82.3 cm³/mol. The molecule has 0 heterocycles. The lowest BCUT2D eigenvalue weighted by Gasteiger charge is -2.30. The minimum atomic E-state index is 0.473. The average Bonchev–Trinajstić information content (AvgIpc) is 2.39. The molecule has 0 aliphatic heterocycles. The summed E-state index contributed by atoms with van der Waals surface area (Å²) in [5, 5.41) is 4.70. The van der Waals surface area contributed by atoms with Gasteiger partial charge in [0.05, 0.1) is 0 Å². The van der Waals surface area contributed by atoms with Crippen molar-refractivity contribution in [3.05, 3.63) is 35.4 Å². The van der Waals surface area contributed by atoms with Crippen molar-refractivity contribution in [2.75, 3.05) is 6.26 Å². The summed E-state index contributed by atoms with van der Waals surface area (Å²) in [5.41, 5.74) is 2.77. The fourth-order valence-corrected chi connectivity index (χ4v) is 3.60. The molecular formula is C16H25NS. The molecule has 2 heteroatoms. The van der Waals surface area contributed by atoms with Crippen molar-refractivity contribution in [3.8, 4) is 0 Å². The maximum atomic E-state index is 3.80. The number of nitrogens with one attached hydrogen (secondary N) is 1. The zero-order valence-corrected chi connectivity index (χ0v) is 12.6. The summed E-state index contributed by atoms with van der Waals surface area (Å²) in [6.07, 6.45) is 7.66. The molecule has 100 valence electrons. The van der Waals surface area contributed by atoms with Crippen LogP contribution in [0.25, 0.3) is 0 Å². The molecule has 1 saturated carbocycles. The summed E-state index contributed by atoms with van der Waals surface area (Å²) in [6, 6.07) is 10.0.